The summed E-state index contributed by atoms with van der Waals surface area (Å²) in [4.78, 5) is 21.0. The number of fused-ring (bicyclic) bond motifs is 2. The number of hydrogen-bond donors (Lipinski definition) is 1. The number of anilines is 2. The summed E-state index contributed by atoms with van der Waals surface area (Å²) in [6.45, 7) is 4.92. The molecule has 122 valence electrons. The fourth-order valence-electron chi connectivity index (χ4n) is 3.16. The minimum Gasteiger partial charge on any atom is -0.397 e. The number of hydrogen-bond acceptors (Lipinski definition) is 4. The molecular formula is C19H19N3OS. The largest absolute Gasteiger partial charge is 0.397 e. The fraction of sp³-hybridized carbons (Fsp3) is 0.263. The maximum absolute atomic E-state index is 13.0. The number of nitrogens with two attached hydrogens (primary N) is 1. The van der Waals surface area contributed by atoms with Gasteiger partial charge in [-0.2, -0.15) is 0 Å². The van der Waals surface area contributed by atoms with Crippen LogP contribution in [0.1, 0.15) is 40.7 Å². The Morgan fingerprint density at radius 3 is 2.83 bits per heavy atom. The van der Waals surface area contributed by atoms with Crippen molar-refractivity contribution in [3.05, 3.63) is 52.5 Å². The van der Waals surface area contributed by atoms with E-state index >= 15 is 0 Å². The van der Waals surface area contributed by atoms with E-state index in [1.807, 2.05) is 35.2 Å². The molecule has 1 aromatic carbocycles. The predicted molar refractivity (Wildman–Crippen MR) is 99.9 cm³/mol. The third kappa shape index (κ3) is 2.27. The molecule has 1 amide bonds. The van der Waals surface area contributed by atoms with Crippen LogP contribution in [0.15, 0.2) is 36.4 Å². The van der Waals surface area contributed by atoms with Crippen molar-refractivity contribution in [2.75, 3.05) is 17.2 Å². The average Bonchev–Trinajstić information content (AvgIpc) is 3.15. The van der Waals surface area contributed by atoms with Gasteiger partial charge in [0.05, 0.1) is 5.69 Å². The van der Waals surface area contributed by atoms with Gasteiger partial charge in [0.25, 0.3) is 5.91 Å². The van der Waals surface area contributed by atoms with Crippen LogP contribution in [0.3, 0.4) is 0 Å². The molecule has 3 aromatic rings. The van der Waals surface area contributed by atoms with E-state index in [1.54, 1.807) is 0 Å². The molecule has 1 aliphatic heterocycles. The highest BCUT2D eigenvalue weighted by molar-refractivity contribution is 7.21. The van der Waals surface area contributed by atoms with Gasteiger partial charge in [-0.15, -0.1) is 11.3 Å². The number of para-hydroxylation sites is 1. The van der Waals surface area contributed by atoms with E-state index in [2.05, 4.69) is 24.9 Å². The van der Waals surface area contributed by atoms with Crippen LogP contribution in [0.4, 0.5) is 11.4 Å². The molecular weight excluding hydrogens is 318 g/mol. The number of carbonyl (C=O) groups is 1. The minimum atomic E-state index is -0.0217. The van der Waals surface area contributed by atoms with Crippen molar-refractivity contribution >= 4 is 38.8 Å². The van der Waals surface area contributed by atoms with Crippen molar-refractivity contribution in [2.45, 2.75) is 26.2 Å². The molecule has 0 spiro atoms. The van der Waals surface area contributed by atoms with Crippen molar-refractivity contribution in [3.63, 3.8) is 0 Å². The van der Waals surface area contributed by atoms with E-state index in [4.69, 9.17) is 5.73 Å². The van der Waals surface area contributed by atoms with Gasteiger partial charge in [0.2, 0.25) is 0 Å². The number of benzene rings is 1. The first-order chi connectivity index (χ1) is 11.6. The van der Waals surface area contributed by atoms with Gasteiger partial charge in [0.15, 0.2) is 0 Å². The Balaban J connectivity index is 1.77. The van der Waals surface area contributed by atoms with Crippen LogP contribution in [-0.4, -0.2) is 17.4 Å². The smallest absolute Gasteiger partial charge is 0.270 e. The van der Waals surface area contributed by atoms with Crippen LogP contribution < -0.4 is 10.6 Å². The van der Waals surface area contributed by atoms with E-state index in [-0.39, 0.29) is 5.91 Å². The Labute approximate surface area is 144 Å². The van der Waals surface area contributed by atoms with Gasteiger partial charge in [0.1, 0.15) is 9.71 Å². The summed E-state index contributed by atoms with van der Waals surface area (Å²) in [5.74, 6) is 0.328. The molecule has 2 N–H and O–H groups in total. The summed E-state index contributed by atoms with van der Waals surface area (Å²) < 4.78 is 0. The molecule has 0 fully saturated rings. The molecule has 0 aliphatic carbocycles. The highest BCUT2D eigenvalue weighted by Gasteiger charge is 2.28. The Morgan fingerprint density at radius 2 is 2.04 bits per heavy atom. The van der Waals surface area contributed by atoms with Crippen LogP contribution in [0.2, 0.25) is 0 Å². The molecule has 4 rings (SSSR count). The molecule has 0 atom stereocenters. The van der Waals surface area contributed by atoms with Gasteiger partial charge in [-0.25, -0.2) is 4.98 Å². The average molecular weight is 337 g/mol. The van der Waals surface area contributed by atoms with Crippen LogP contribution in [0, 0.1) is 0 Å². The summed E-state index contributed by atoms with van der Waals surface area (Å²) in [5, 5.41) is 0.875. The van der Waals surface area contributed by atoms with Crippen molar-refractivity contribution < 1.29 is 4.79 Å². The van der Waals surface area contributed by atoms with Gasteiger partial charge in [-0.05, 0) is 36.1 Å². The highest BCUT2D eigenvalue weighted by atomic mass is 32.1. The maximum Gasteiger partial charge on any atom is 0.270 e. The number of carbonyl (C=O) groups excluding carboxylic acids is 1. The first kappa shape index (κ1) is 15.1. The van der Waals surface area contributed by atoms with Crippen LogP contribution in [-0.2, 0) is 6.42 Å². The SMILES string of the molecule is CC(C)c1ccc2c(N)c(C(=O)N3CCc4ccccc43)sc2n1. The Kier molecular flexibility index (Phi) is 3.53. The van der Waals surface area contributed by atoms with Gasteiger partial charge in [-0.1, -0.05) is 32.0 Å². The molecule has 0 saturated carbocycles. The number of rotatable bonds is 2. The van der Waals surface area contributed by atoms with Crippen molar-refractivity contribution in [2.24, 2.45) is 0 Å². The summed E-state index contributed by atoms with van der Waals surface area (Å²) in [6.07, 6.45) is 0.891. The number of nitrogen functional groups attached to an aromatic ring is 1. The molecule has 1 aliphatic rings. The molecule has 0 bridgehead atoms. The normalized spacial score (nSPS) is 13.7. The van der Waals surface area contributed by atoms with Gasteiger partial charge >= 0.3 is 0 Å². The highest BCUT2D eigenvalue weighted by Crippen LogP contribution is 2.37. The predicted octanol–water partition coefficient (Wildman–Crippen LogP) is 4.20. The summed E-state index contributed by atoms with van der Waals surface area (Å²) >= 11 is 1.40. The third-order valence-corrected chi connectivity index (χ3v) is 5.64. The van der Waals surface area contributed by atoms with Gasteiger partial charge < -0.3 is 10.6 Å². The lowest BCUT2D eigenvalue weighted by atomic mass is 10.1. The van der Waals surface area contributed by atoms with Gasteiger partial charge in [-0.3, -0.25) is 4.79 Å². The Hall–Kier alpha value is -2.40. The molecule has 0 unspecified atom stereocenters. The zero-order chi connectivity index (χ0) is 16.8. The molecule has 2 aromatic heterocycles. The molecule has 3 heterocycles. The number of nitrogens with zero attached hydrogens (tertiary/aromatic N) is 2. The van der Waals surface area contributed by atoms with E-state index in [9.17, 15) is 4.79 Å². The lowest BCUT2D eigenvalue weighted by molar-refractivity contribution is 0.0994. The van der Waals surface area contributed by atoms with E-state index < -0.39 is 0 Å². The maximum atomic E-state index is 13.0. The zero-order valence-corrected chi connectivity index (χ0v) is 14.6. The number of amides is 1. The Morgan fingerprint density at radius 1 is 1.25 bits per heavy atom. The number of pyridine rings is 1. The molecule has 4 nitrogen and oxygen atoms in total. The molecule has 5 heteroatoms. The van der Waals surface area contributed by atoms with Gasteiger partial charge in [0, 0.05) is 23.3 Å². The van der Waals surface area contributed by atoms with Crippen LogP contribution >= 0.6 is 11.3 Å². The molecule has 24 heavy (non-hydrogen) atoms. The molecule has 0 saturated heterocycles. The zero-order valence-electron chi connectivity index (χ0n) is 13.7. The minimum absolute atomic E-state index is 0.0217. The quantitative estimate of drug-likeness (QED) is 0.762. The van der Waals surface area contributed by atoms with E-state index in [0.29, 0.717) is 23.0 Å². The second-order valence-corrected chi connectivity index (χ2v) is 7.42. The lowest BCUT2D eigenvalue weighted by Crippen LogP contribution is -2.28. The van der Waals surface area contributed by atoms with Crippen LogP contribution in [0.25, 0.3) is 10.2 Å². The van der Waals surface area contributed by atoms with E-state index in [1.165, 1.54) is 16.9 Å². The second-order valence-electron chi connectivity index (χ2n) is 6.42. The fourth-order valence-corrected chi connectivity index (χ4v) is 4.21. The first-order valence-corrected chi connectivity index (χ1v) is 8.96. The monoisotopic (exact) mass is 337 g/mol. The number of aromatic nitrogens is 1. The lowest BCUT2D eigenvalue weighted by Gasteiger charge is -2.16. The number of thiophene rings is 1. The summed E-state index contributed by atoms with van der Waals surface area (Å²) in [6, 6.07) is 12.0. The van der Waals surface area contributed by atoms with Crippen molar-refractivity contribution in [3.8, 4) is 0 Å². The second kappa shape index (κ2) is 5.60. The summed E-state index contributed by atoms with van der Waals surface area (Å²) in [7, 11) is 0. The third-order valence-electron chi connectivity index (χ3n) is 4.53. The standard InChI is InChI=1S/C19H19N3OS/c1-11(2)14-8-7-13-16(20)17(24-18(13)21-14)19(23)22-10-9-12-5-3-4-6-15(12)22/h3-8,11H,9-10,20H2,1-2H3. The molecule has 0 radical (unpaired) electrons. The van der Waals surface area contributed by atoms with Crippen LogP contribution in [0.5, 0.6) is 0 Å². The van der Waals surface area contributed by atoms with Crippen molar-refractivity contribution in [1.29, 1.82) is 0 Å². The summed E-state index contributed by atoms with van der Waals surface area (Å²) in [5.41, 5.74) is 10.1. The first-order valence-electron chi connectivity index (χ1n) is 8.15. The Bertz CT molecular complexity index is 945. The van der Waals surface area contributed by atoms with E-state index in [0.717, 1.165) is 28.0 Å². The van der Waals surface area contributed by atoms with Crippen molar-refractivity contribution in [1.82, 2.24) is 4.98 Å². The topological polar surface area (TPSA) is 59.2 Å².